The number of halogens is 1. The van der Waals surface area contributed by atoms with E-state index in [0.29, 0.717) is 0 Å². The molecular weight excluding hydrogens is 284 g/mol. The Bertz CT molecular complexity index is 527. The van der Waals surface area contributed by atoms with E-state index in [0.717, 1.165) is 11.7 Å². The van der Waals surface area contributed by atoms with Crippen LogP contribution in [0.15, 0.2) is 59.5 Å². The van der Waals surface area contributed by atoms with Crippen LogP contribution in [-0.4, -0.2) is 5.25 Å². The van der Waals surface area contributed by atoms with E-state index in [1.54, 1.807) is 0 Å². The van der Waals surface area contributed by atoms with Gasteiger partial charge in [-0.3, -0.25) is 0 Å². The van der Waals surface area contributed by atoms with Crippen LogP contribution in [0.3, 0.4) is 0 Å². The smallest absolute Gasteiger partial charge is 0.0585 e. The number of rotatable bonds is 5. The normalized spacial score (nSPS) is 18.8. The Kier molecular flexibility index (Phi) is 4.69. The summed E-state index contributed by atoms with van der Waals surface area (Å²) in [5.74, 6) is 0. The summed E-state index contributed by atoms with van der Waals surface area (Å²) >= 11 is 8.51. The van der Waals surface area contributed by atoms with Gasteiger partial charge in [0.1, 0.15) is 0 Å². The minimum absolute atomic E-state index is 0.157. The Morgan fingerprint density at radius 3 is 2.60 bits per heavy atom. The molecule has 0 fully saturated rings. The molecule has 0 saturated heterocycles. The first kappa shape index (κ1) is 14.0. The minimum Gasteiger partial charge on any atom is -0.122 e. The molecule has 1 heterocycles. The van der Waals surface area contributed by atoms with Crippen LogP contribution in [0.2, 0.25) is 0 Å². The van der Waals surface area contributed by atoms with E-state index in [9.17, 15) is 0 Å². The van der Waals surface area contributed by atoms with Crippen molar-refractivity contribution < 1.29 is 0 Å². The molecule has 2 heteroatoms. The van der Waals surface area contributed by atoms with Crippen LogP contribution < -0.4 is 0 Å². The third-order valence-electron chi connectivity index (χ3n) is 3.86. The second-order valence-electron chi connectivity index (χ2n) is 5.36. The minimum atomic E-state index is 0.157. The lowest BCUT2D eigenvalue weighted by Crippen LogP contribution is -2.01. The first-order valence-electron chi connectivity index (χ1n) is 7.26. The maximum Gasteiger partial charge on any atom is 0.0585 e. The van der Waals surface area contributed by atoms with Crippen molar-refractivity contribution in [3.05, 3.63) is 65.7 Å². The first-order valence-corrected chi connectivity index (χ1v) is 8.58. The summed E-state index contributed by atoms with van der Waals surface area (Å²) in [6.45, 7) is 0. The molecule has 0 N–H and O–H groups in total. The molecule has 0 aromatic heterocycles. The zero-order valence-corrected chi connectivity index (χ0v) is 13.0. The predicted octanol–water partition coefficient (Wildman–Crippen LogP) is 5.85. The van der Waals surface area contributed by atoms with Crippen LogP contribution in [0.1, 0.15) is 35.8 Å². The monoisotopic (exact) mass is 302 g/mol. The van der Waals surface area contributed by atoms with Crippen molar-refractivity contribution in [2.45, 2.75) is 41.2 Å². The van der Waals surface area contributed by atoms with Crippen molar-refractivity contribution in [1.82, 2.24) is 0 Å². The molecule has 0 aliphatic carbocycles. The van der Waals surface area contributed by atoms with Gasteiger partial charge in [0.05, 0.1) is 5.38 Å². The van der Waals surface area contributed by atoms with Gasteiger partial charge < -0.3 is 0 Å². The van der Waals surface area contributed by atoms with Crippen LogP contribution in [0.5, 0.6) is 0 Å². The highest BCUT2D eigenvalue weighted by atomic mass is 35.5. The lowest BCUT2D eigenvalue weighted by atomic mass is 10.0. The largest absolute Gasteiger partial charge is 0.122 e. The molecule has 0 amide bonds. The maximum absolute atomic E-state index is 6.47. The third-order valence-corrected chi connectivity index (χ3v) is 5.72. The van der Waals surface area contributed by atoms with Crippen molar-refractivity contribution in [1.29, 1.82) is 0 Å². The predicted molar refractivity (Wildman–Crippen MR) is 88.7 cm³/mol. The number of benzene rings is 2. The number of fused-ring (bicyclic) bond motifs is 1. The Balaban J connectivity index is 1.46. The van der Waals surface area contributed by atoms with Crippen molar-refractivity contribution >= 4 is 23.4 Å². The van der Waals surface area contributed by atoms with Gasteiger partial charge in [-0.05, 0) is 36.5 Å². The molecule has 0 spiro atoms. The molecule has 0 saturated carbocycles. The highest BCUT2D eigenvalue weighted by molar-refractivity contribution is 8.00. The van der Waals surface area contributed by atoms with Gasteiger partial charge >= 0.3 is 0 Å². The number of hydrogen-bond donors (Lipinski definition) is 0. The molecule has 104 valence electrons. The second kappa shape index (κ2) is 6.69. The quantitative estimate of drug-likeness (QED) is 0.624. The van der Waals surface area contributed by atoms with Gasteiger partial charge in [0.25, 0.3) is 0 Å². The molecule has 1 aliphatic rings. The number of hydrogen-bond acceptors (Lipinski definition) is 1. The Hall–Kier alpha value is -0.920. The summed E-state index contributed by atoms with van der Waals surface area (Å²) < 4.78 is 0. The zero-order chi connectivity index (χ0) is 13.8. The van der Waals surface area contributed by atoms with Gasteiger partial charge in [-0.2, -0.15) is 0 Å². The van der Waals surface area contributed by atoms with Gasteiger partial charge in [0.15, 0.2) is 0 Å². The molecule has 2 aromatic carbocycles. The SMILES string of the molecule is ClC(CCCC1Cc2ccccc2S1)c1ccccc1. The van der Waals surface area contributed by atoms with E-state index in [-0.39, 0.29) is 5.38 Å². The van der Waals surface area contributed by atoms with Gasteiger partial charge in [0.2, 0.25) is 0 Å². The van der Waals surface area contributed by atoms with Crippen LogP contribution in [0.25, 0.3) is 0 Å². The summed E-state index contributed by atoms with van der Waals surface area (Å²) in [7, 11) is 0. The summed E-state index contributed by atoms with van der Waals surface area (Å²) in [6, 6.07) is 19.2. The standard InChI is InChI=1S/C18H19ClS/c19-17(14-7-2-1-3-8-14)11-6-10-16-13-15-9-4-5-12-18(15)20-16/h1-5,7-9,12,16-17H,6,10-11,13H2. The summed E-state index contributed by atoms with van der Waals surface area (Å²) in [5, 5.41) is 0.900. The lowest BCUT2D eigenvalue weighted by molar-refractivity contribution is 0.646. The van der Waals surface area contributed by atoms with Crippen LogP contribution in [0.4, 0.5) is 0 Å². The van der Waals surface area contributed by atoms with E-state index in [1.165, 1.54) is 35.3 Å². The Morgan fingerprint density at radius 1 is 1.05 bits per heavy atom. The third kappa shape index (κ3) is 3.39. The van der Waals surface area contributed by atoms with Gasteiger partial charge in [0, 0.05) is 10.1 Å². The van der Waals surface area contributed by atoms with Gasteiger partial charge in [-0.25, -0.2) is 0 Å². The molecule has 0 nitrogen and oxygen atoms in total. The molecule has 2 unspecified atom stereocenters. The second-order valence-corrected chi connectivity index (χ2v) is 7.23. The average Bonchev–Trinajstić information content (AvgIpc) is 2.90. The van der Waals surface area contributed by atoms with Crippen molar-refractivity contribution in [2.75, 3.05) is 0 Å². The summed E-state index contributed by atoms with van der Waals surface area (Å²) in [6.07, 6.45) is 4.75. The van der Waals surface area contributed by atoms with E-state index < -0.39 is 0 Å². The molecule has 2 atom stereocenters. The first-order chi connectivity index (χ1) is 9.83. The molecule has 2 aromatic rings. The molecule has 0 radical (unpaired) electrons. The van der Waals surface area contributed by atoms with Crippen LogP contribution in [-0.2, 0) is 6.42 Å². The van der Waals surface area contributed by atoms with Crippen molar-refractivity contribution in [3.63, 3.8) is 0 Å². The molecular formula is C18H19ClS. The maximum atomic E-state index is 6.47. The van der Waals surface area contributed by atoms with Crippen LogP contribution in [0, 0.1) is 0 Å². The van der Waals surface area contributed by atoms with E-state index in [1.807, 2.05) is 17.8 Å². The number of thioether (sulfide) groups is 1. The highest BCUT2D eigenvalue weighted by Crippen LogP contribution is 2.39. The van der Waals surface area contributed by atoms with Crippen molar-refractivity contribution in [2.24, 2.45) is 0 Å². The molecule has 0 bridgehead atoms. The molecule has 20 heavy (non-hydrogen) atoms. The summed E-state index contributed by atoms with van der Waals surface area (Å²) in [5.41, 5.74) is 2.77. The fourth-order valence-corrected chi connectivity index (χ4v) is 4.43. The number of alkyl halides is 1. The van der Waals surface area contributed by atoms with Crippen molar-refractivity contribution in [3.8, 4) is 0 Å². The van der Waals surface area contributed by atoms with Crippen LogP contribution >= 0.6 is 23.4 Å². The summed E-state index contributed by atoms with van der Waals surface area (Å²) in [4.78, 5) is 1.47. The average molecular weight is 303 g/mol. The van der Waals surface area contributed by atoms with E-state index in [2.05, 4.69) is 48.5 Å². The molecule has 1 aliphatic heterocycles. The van der Waals surface area contributed by atoms with Gasteiger partial charge in [-0.15, -0.1) is 23.4 Å². The fraction of sp³-hybridized carbons (Fsp3) is 0.333. The lowest BCUT2D eigenvalue weighted by Gasteiger charge is -2.12. The topological polar surface area (TPSA) is 0 Å². The van der Waals surface area contributed by atoms with E-state index in [4.69, 9.17) is 11.6 Å². The highest BCUT2D eigenvalue weighted by Gasteiger charge is 2.21. The fourth-order valence-electron chi connectivity index (χ4n) is 2.77. The zero-order valence-electron chi connectivity index (χ0n) is 11.5. The Labute approximate surface area is 130 Å². The Morgan fingerprint density at radius 2 is 1.80 bits per heavy atom. The molecule has 3 rings (SSSR count). The van der Waals surface area contributed by atoms with Gasteiger partial charge in [-0.1, -0.05) is 55.0 Å². The van der Waals surface area contributed by atoms with E-state index >= 15 is 0 Å².